The number of carbonyl (C=O) groups is 1. The number of nitrogens with one attached hydrogen (secondary N) is 2. The average molecular weight is 442 g/mol. The lowest BCUT2D eigenvalue weighted by molar-refractivity contribution is -0.111. The number of benzene rings is 1. The van der Waals surface area contributed by atoms with Gasteiger partial charge in [0.1, 0.15) is 5.82 Å². The molecule has 0 spiro atoms. The van der Waals surface area contributed by atoms with Crippen LogP contribution < -0.4 is 5.32 Å². The molecular weight excluding hydrogens is 406 g/mol. The van der Waals surface area contributed by atoms with Gasteiger partial charge >= 0.3 is 0 Å². The molecule has 3 rings (SSSR count). The molecule has 4 heteroatoms. The topological polar surface area (TPSA) is 57.8 Å². The van der Waals surface area contributed by atoms with E-state index in [1.54, 1.807) is 6.08 Å². The van der Waals surface area contributed by atoms with Gasteiger partial charge in [-0.05, 0) is 62.3 Å². The van der Waals surface area contributed by atoms with Crippen molar-refractivity contribution in [3.05, 3.63) is 107 Å². The van der Waals surface area contributed by atoms with Crippen molar-refractivity contribution >= 4 is 11.6 Å². The van der Waals surface area contributed by atoms with E-state index >= 15 is 0 Å². The summed E-state index contributed by atoms with van der Waals surface area (Å²) in [4.78, 5) is 19.9. The second kappa shape index (κ2) is 11.0. The first-order chi connectivity index (χ1) is 15.8. The molecule has 1 atom stereocenters. The van der Waals surface area contributed by atoms with Gasteiger partial charge in [-0.1, -0.05) is 73.6 Å². The van der Waals surface area contributed by atoms with E-state index in [1.807, 2.05) is 61.8 Å². The zero-order valence-corrected chi connectivity index (χ0v) is 20.4. The Morgan fingerprint density at radius 1 is 1.15 bits per heavy atom. The molecule has 1 aromatic heterocycles. The lowest BCUT2D eigenvalue weighted by Crippen LogP contribution is -2.24. The fourth-order valence-electron chi connectivity index (χ4n) is 4.32. The molecule has 1 unspecified atom stereocenters. The Bertz CT molecular complexity index is 1100. The molecule has 172 valence electrons. The summed E-state index contributed by atoms with van der Waals surface area (Å²) in [5.41, 5.74) is 5.77. The minimum Gasteiger partial charge on any atom is -0.348 e. The van der Waals surface area contributed by atoms with Crippen molar-refractivity contribution in [3.8, 4) is 0 Å². The lowest BCUT2D eigenvalue weighted by Gasteiger charge is -2.36. The summed E-state index contributed by atoms with van der Waals surface area (Å²) in [7, 11) is 0. The Hall–Kier alpha value is -3.40. The van der Waals surface area contributed by atoms with E-state index in [9.17, 15) is 4.79 Å². The van der Waals surface area contributed by atoms with Gasteiger partial charge in [-0.15, -0.1) is 0 Å². The summed E-state index contributed by atoms with van der Waals surface area (Å²) in [6, 6.07) is 9.47. The van der Waals surface area contributed by atoms with Gasteiger partial charge in [0.05, 0.1) is 0 Å². The Morgan fingerprint density at radius 3 is 2.61 bits per heavy atom. The highest BCUT2D eigenvalue weighted by Gasteiger charge is 2.33. The Balaban J connectivity index is 1.66. The maximum atomic E-state index is 12.1. The van der Waals surface area contributed by atoms with Crippen molar-refractivity contribution in [1.29, 1.82) is 0 Å². The van der Waals surface area contributed by atoms with Crippen molar-refractivity contribution in [1.82, 2.24) is 9.97 Å². The summed E-state index contributed by atoms with van der Waals surface area (Å²) in [5.74, 6) is 1.28. The molecule has 0 bridgehead atoms. The second-order valence-corrected chi connectivity index (χ2v) is 9.39. The van der Waals surface area contributed by atoms with E-state index in [0.29, 0.717) is 5.92 Å². The number of para-hydroxylation sites is 1. The van der Waals surface area contributed by atoms with Crippen molar-refractivity contribution in [2.45, 2.75) is 53.4 Å². The molecule has 1 amide bonds. The van der Waals surface area contributed by atoms with E-state index in [4.69, 9.17) is 0 Å². The maximum absolute atomic E-state index is 12.1. The number of H-pyrrole nitrogens is 1. The standard InChI is InChI=1S/C29H35N3O/c1-21(10-9-11-22(2)20-27(33)32-24-12-7-6-8-13-24)14-15-26-23(3)25(16-17-29(26,4)5)28-30-18-19-31-28/h6-15,18-20,25H,16-17H2,1-5H3,(H,30,31)(H,32,33)/b11-9+,15-14+,21-10+,22-20+. The highest BCUT2D eigenvalue weighted by atomic mass is 16.1. The number of amides is 1. The zero-order valence-electron chi connectivity index (χ0n) is 20.4. The van der Waals surface area contributed by atoms with E-state index in [2.05, 4.69) is 61.2 Å². The Morgan fingerprint density at radius 2 is 1.91 bits per heavy atom. The molecule has 4 nitrogen and oxygen atoms in total. The normalized spacial score (nSPS) is 19.5. The molecule has 0 saturated heterocycles. The highest BCUT2D eigenvalue weighted by molar-refractivity contribution is 5.99. The number of aromatic amines is 1. The van der Waals surface area contributed by atoms with Crippen LogP contribution in [0.3, 0.4) is 0 Å². The van der Waals surface area contributed by atoms with Crippen LogP contribution in [0, 0.1) is 5.41 Å². The van der Waals surface area contributed by atoms with E-state index in [1.165, 1.54) is 11.1 Å². The third-order valence-electron chi connectivity index (χ3n) is 6.22. The van der Waals surface area contributed by atoms with Crippen LogP contribution in [-0.2, 0) is 4.79 Å². The third kappa shape index (κ3) is 6.79. The maximum Gasteiger partial charge on any atom is 0.248 e. The van der Waals surface area contributed by atoms with Gasteiger partial charge in [-0.25, -0.2) is 4.98 Å². The van der Waals surface area contributed by atoms with Crippen LogP contribution >= 0.6 is 0 Å². The predicted molar refractivity (Wildman–Crippen MR) is 138 cm³/mol. The number of aromatic nitrogens is 2. The molecule has 1 aromatic carbocycles. The van der Waals surface area contributed by atoms with Crippen molar-refractivity contribution in [3.63, 3.8) is 0 Å². The van der Waals surface area contributed by atoms with E-state index in [0.717, 1.165) is 35.5 Å². The molecule has 1 aliphatic carbocycles. The largest absolute Gasteiger partial charge is 0.348 e. The molecule has 0 aliphatic heterocycles. The van der Waals surface area contributed by atoms with Gasteiger partial charge in [0.25, 0.3) is 0 Å². The number of anilines is 1. The number of imidazole rings is 1. The lowest BCUT2D eigenvalue weighted by atomic mass is 9.68. The third-order valence-corrected chi connectivity index (χ3v) is 6.22. The molecule has 0 saturated carbocycles. The van der Waals surface area contributed by atoms with Crippen LogP contribution in [-0.4, -0.2) is 15.9 Å². The fourth-order valence-corrected chi connectivity index (χ4v) is 4.32. The number of rotatable bonds is 7. The molecular formula is C29H35N3O. The Labute approximate surface area is 197 Å². The highest BCUT2D eigenvalue weighted by Crippen LogP contribution is 2.46. The molecule has 0 fully saturated rings. The first-order valence-electron chi connectivity index (χ1n) is 11.5. The summed E-state index contributed by atoms with van der Waals surface area (Å²) in [6.07, 6.45) is 18.0. The average Bonchev–Trinajstić information content (AvgIpc) is 3.28. The number of nitrogens with zero attached hydrogens (tertiary/aromatic N) is 1. The Kier molecular flexibility index (Phi) is 8.05. The first kappa shape index (κ1) is 24.2. The van der Waals surface area contributed by atoms with Crippen LogP contribution in [0.1, 0.15) is 59.2 Å². The van der Waals surface area contributed by atoms with Gasteiger partial charge in [-0.2, -0.15) is 0 Å². The molecule has 1 heterocycles. The molecule has 0 radical (unpaired) electrons. The molecule has 2 N–H and O–H groups in total. The van der Waals surface area contributed by atoms with Crippen LogP contribution in [0.25, 0.3) is 0 Å². The van der Waals surface area contributed by atoms with Crippen molar-refractivity contribution in [2.24, 2.45) is 5.41 Å². The zero-order chi connectivity index (χ0) is 23.8. The van der Waals surface area contributed by atoms with Crippen LogP contribution in [0.4, 0.5) is 5.69 Å². The monoisotopic (exact) mass is 441 g/mol. The molecule has 1 aliphatic rings. The first-order valence-corrected chi connectivity index (χ1v) is 11.5. The van der Waals surface area contributed by atoms with Gasteiger partial charge < -0.3 is 10.3 Å². The minimum absolute atomic E-state index is 0.128. The van der Waals surface area contributed by atoms with Gasteiger partial charge in [0.2, 0.25) is 5.91 Å². The van der Waals surface area contributed by atoms with Gasteiger partial charge in [0.15, 0.2) is 0 Å². The quantitative estimate of drug-likeness (QED) is 0.350. The van der Waals surface area contributed by atoms with Crippen LogP contribution in [0.5, 0.6) is 0 Å². The van der Waals surface area contributed by atoms with E-state index in [-0.39, 0.29) is 11.3 Å². The van der Waals surface area contributed by atoms with Crippen molar-refractivity contribution < 1.29 is 4.79 Å². The predicted octanol–water partition coefficient (Wildman–Crippen LogP) is 7.27. The molecule has 33 heavy (non-hydrogen) atoms. The smallest absolute Gasteiger partial charge is 0.248 e. The summed E-state index contributed by atoms with van der Waals surface area (Å²) >= 11 is 0. The SMILES string of the molecule is CC1=C(/C=C/C(C)=C/C=C/C(C)=C/C(=O)Nc2ccccc2)C(C)(C)CCC1c1ncc[nH]1. The minimum atomic E-state index is -0.128. The fraction of sp³-hybridized carbons (Fsp3) is 0.310. The van der Waals surface area contributed by atoms with Gasteiger partial charge in [0, 0.05) is 30.1 Å². The summed E-state index contributed by atoms with van der Waals surface area (Å²) in [6.45, 7) is 10.9. The summed E-state index contributed by atoms with van der Waals surface area (Å²) in [5, 5.41) is 2.87. The van der Waals surface area contributed by atoms with Gasteiger partial charge in [-0.3, -0.25) is 4.79 Å². The van der Waals surface area contributed by atoms with Crippen molar-refractivity contribution in [2.75, 3.05) is 5.32 Å². The number of hydrogen-bond acceptors (Lipinski definition) is 2. The summed E-state index contributed by atoms with van der Waals surface area (Å²) < 4.78 is 0. The number of allylic oxidation sites excluding steroid dienone is 9. The second-order valence-electron chi connectivity index (χ2n) is 9.39. The van der Waals surface area contributed by atoms with Crippen LogP contribution in [0.2, 0.25) is 0 Å². The molecule has 2 aromatic rings. The number of carbonyl (C=O) groups excluding carboxylic acids is 1. The van der Waals surface area contributed by atoms with E-state index < -0.39 is 0 Å². The van der Waals surface area contributed by atoms with Crippen LogP contribution in [0.15, 0.2) is 101 Å². The number of hydrogen-bond donors (Lipinski definition) is 2.